The normalized spacial score (nSPS) is 19.3. The Bertz CT molecular complexity index is 1120. The number of aryl methyl sites for hydroxylation is 1. The van der Waals surface area contributed by atoms with Crippen molar-refractivity contribution in [1.82, 2.24) is 20.2 Å². The zero-order valence-electron chi connectivity index (χ0n) is 18.8. The first-order chi connectivity index (χ1) is 15.8. The van der Waals surface area contributed by atoms with Crippen LogP contribution in [-0.2, 0) is 5.34 Å². The van der Waals surface area contributed by atoms with E-state index in [1.54, 1.807) is 6.92 Å². The molecule has 0 atom stereocenters. The summed E-state index contributed by atoms with van der Waals surface area (Å²) in [5.74, 6) is -1.68. The van der Waals surface area contributed by atoms with E-state index in [4.69, 9.17) is 74.4 Å². The number of piperidine rings is 1. The number of aromatic nitrogens is 2. The summed E-state index contributed by atoms with van der Waals surface area (Å²) < 4.78 is 30.3. The van der Waals surface area contributed by atoms with E-state index in [9.17, 15) is 9.18 Å². The van der Waals surface area contributed by atoms with Crippen LogP contribution in [0.5, 0.6) is 0 Å². The Morgan fingerprint density at radius 2 is 1.60 bits per heavy atom. The second-order valence-electron chi connectivity index (χ2n) is 8.98. The molecule has 0 bridgehead atoms. The van der Waals surface area contributed by atoms with Gasteiger partial charge in [-0.1, -0.05) is 11.6 Å². The van der Waals surface area contributed by atoms with Crippen LogP contribution >= 0.6 is 11.6 Å². The van der Waals surface area contributed by atoms with Gasteiger partial charge in [0, 0.05) is 31.0 Å². The molecule has 0 saturated carbocycles. The van der Waals surface area contributed by atoms with Crippen LogP contribution in [0.25, 0.3) is 0 Å². The largest absolute Gasteiger partial charge is 0.340 e. The first-order valence-electron chi connectivity index (χ1n) is 10.2. The molecule has 16 radical (unpaired) electrons. The second-order valence-corrected chi connectivity index (χ2v) is 9.38. The van der Waals surface area contributed by atoms with Crippen molar-refractivity contribution in [2.45, 2.75) is 33.7 Å². The Kier molecular flexibility index (Phi) is 7.24. The van der Waals surface area contributed by atoms with Crippen molar-refractivity contribution in [2.24, 2.45) is 0 Å². The maximum Gasteiger partial charge on any atom is 0.253 e. The average molecular weight is 473 g/mol. The minimum atomic E-state index is -3.24. The number of amides is 1. The fourth-order valence-corrected chi connectivity index (χ4v) is 4.34. The number of hydrogen-bond donors (Lipinski definition) is 1. The molecule has 0 aliphatic carbocycles. The van der Waals surface area contributed by atoms with Gasteiger partial charge in [-0.15, -0.1) is 0 Å². The molecule has 0 unspecified atom stereocenters. The minimum absolute atomic E-state index is 0.0429. The number of alkyl halides is 1. The average Bonchev–Trinajstić information content (AvgIpc) is 2.72. The van der Waals surface area contributed by atoms with E-state index in [2.05, 4.69) is 15.3 Å². The number of rotatable bonds is 5. The lowest BCUT2D eigenvalue weighted by Crippen LogP contribution is -2.79. The van der Waals surface area contributed by atoms with Gasteiger partial charge in [0.2, 0.25) is 0 Å². The van der Waals surface area contributed by atoms with Gasteiger partial charge in [0.15, 0.2) is 0 Å². The molecule has 1 aliphatic heterocycles. The Labute approximate surface area is 219 Å². The van der Waals surface area contributed by atoms with Crippen molar-refractivity contribution in [3.8, 4) is 0 Å². The third kappa shape index (κ3) is 4.87. The van der Waals surface area contributed by atoms with Crippen LogP contribution in [0.2, 0.25) is 15.5 Å². The van der Waals surface area contributed by atoms with Crippen molar-refractivity contribution in [3.63, 3.8) is 0 Å². The minimum Gasteiger partial charge on any atom is -0.340 e. The topological polar surface area (TPSA) is 58.1 Å². The SMILES string of the molecule is [B]C([B])(NC([B])([B])C1(F)C([B])([B])CN(C(=O)c2ccc(F)c(Cl)c2)CC1([B])[B])c1ncc(C)cn1. The highest BCUT2D eigenvalue weighted by atomic mass is 35.5. The smallest absolute Gasteiger partial charge is 0.253 e. The summed E-state index contributed by atoms with van der Waals surface area (Å²) >= 11 is 5.75. The summed E-state index contributed by atoms with van der Waals surface area (Å²) in [4.78, 5) is 21.9. The molecule has 160 valence electrons. The quantitative estimate of drug-likeness (QED) is 0.589. The van der Waals surface area contributed by atoms with Crippen LogP contribution in [0.15, 0.2) is 30.6 Å². The molecule has 16 heteroatoms. The predicted molar refractivity (Wildman–Crippen MR) is 137 cm³/mol. The van der Waals surface area contributed by atoms with Crippen LogP contribution in [0.3, 0.4) is 0 Å². The van der Waals surface area contributed by atoms with Crippen molar-refractivity contribution < 1.29 is 13.6 Å². The van der Waals surface area contributed by atoms with Gasteiger partial charge in [0.05, 0.1) is 73.5 Å². The van der Waals surface area contributed by atoms with Gasteiger partial charge in [-0.3, -0.25) is 4.79 Å². The van der Waals surface area contributed by atoms with E-state index in [0.717, 1.165) is 17.0 Å². The van der Waals surface area contributed by atoms with Gasteiger partial charge in [-0.25, -0.2) is 18.7 Å². The molecular formula is C19H13B8ClF2N4O. The number of benzene rings is 1. The van der Waals surface area contributed by atoms with E-state index in [-0.39, 0.29) is 16.4 Å². The molecular weight excluding hydrogens is 460 g/mol. The maximum atomic E-state index is 16.8. The summed E-state index contributed by atoms with van der Waals surface area (Å²) in [6.45, 7) is 0.408. The highest BCUT2D eigenvalue weighted by molar-refractivity contribution is 6.52. The zero-order chi connectivity index (χ0) is 26.6. The van der Waals surface area contributed by atoms with Crippen molar-refractivity contribution in [3.05, 3.63) is 58.4 Å². The Morgan fingerprint density at radius 3 is 2.09 bits per heavy atom. The van der Waals surface area contributed by atoms with Gasteiger partial charge >= 0.3 is 0 Å². The van der Waals surface area contributed by atoms with E-state index < -0.39 is 51.6 Å². The molecule has 1 fully saturated rings. The van der Waals surface area contributed by atoms with Crippen LogP contribution in [-0.4, -0.2) is 108 Å². The lowest BCUT2D eigenvalue weighted by molar-refractivity contribution is 0.00522. The molecule has 2 aromatic rings. The van der Waals surface area contributed by atoms with Crippen LogP contribution < -0.4 is 5.32 Å². The number of carbonyl (C=O) groups excluding carboxylic acids is 1. The van der Waals surface area contributed by atoms with Crippen LogP contribution in [0.1, 0.15) is 21.7 Å². The molecule has 1 aromatic carbocycles. The Balaban J connectivity index is 1.95. The van der Waals surface area contributed by atoms with E-state index in [1.807, 2.05) is 0 Å². The van der Waals surface area contributed by atoms with E-state index >= 15 is 4.39 Å². The molecule has 1 saturated heterocycles. The van der Waals surface area contributed by atoms with E-state index in [0.29, 0.717) is 5.56 Å². The standard InChI is InChI=1S/C19H13B8ClF2N4O/c1-9-5-31-14(32-6-9)17(24,25)33-19(26,27)18(30)15(20,21)7-34(8-16(18,22)23)13(35)10-2-3-12(29)11(28)4-10/h2-6,33H,7-8H2,1H3. The molecule has 1 amide bonds. The van der Waals surface area contributed by atoms with Crippen molar-refractivity contribution >= 4 is 80.3 Å². The number of hydrogen-bond acceptors (Lipinski definition) is 4. The third-order valence-corrected chi connectivity index (χ3v) is 6.07. The lowest BCUT2D eigenvalue weighted by atomic mass is 9.24. The number of likely N-dealkylation sites (tertiary alicyclic amines) is 1. The van der Waals surface area contributed by atoms with Gasteiger partial charge < -0.3 is 10.2 Å². The van der Waals surface area contributed by atoms with Gasteiger partial charge in [0.1, 0.15) is 11.6 Å². The summed E-state index contributed by atoms with van der Waals surface area (Å²) in [6.07, 6.45) is 2.83. The number of nitrogens with zero attached hydrogens (tertiary/aromatic N) is 3. The monoisotopic (exact) mass is 474 g/mol. The van der Waals surface area contributed by atoms with Gasteiger partial charge in [-0.05, 0) is 51.8 Å². The van der Waals surface area contributed by atoms with E-state index in [1.165, 1.54) is 18.5 Å². The van der Waals surface area contributed by atoms with Crippen LogP contribution in [0, 0.1) is 12.7 Å². The molecule has 3 rings (SSSR count). The predicted octanol–water partition coefficient (Wildman–Crippen LogP) is -0.624. The van der Waals surface area contributed by atoms with Crippen LogP contribution in [0.4, 0.5) is 8.78 Å². The fourth-order valence-electron chi connectivity index (χ4n) is 4.15. The third-order valence-electron chi connectivity index (χ3n) is 5.78. The number of carbonyl (C=O) groups is 1. The first-order valence-corrected chi connectivity index (χ1v) is 10.6. The van der Waals surface area contributed by atoms with Crippen molar-refractivity contribution in [2.75, 3.05) is 13.1 Å². The summed E-state index contributed by atoms with van der Waals surface area (Å²) in [7, 11) is 48.7. The lowest BCUT2D eigenvalue weighted by Gasteiger charge is -2.66. The second kappa shape index (κ2) is 9.05. The highest BCUT2D eigenvalue weighted by Crippen LogP contribution is 2.58. The van der Waals surface area contributed by atoms with Gasteiger partial charge in [0.25, 0.3) is 5.91 Å². The molecule has 2 heterocycles. The van der Waals surface area contributed by atoms with Crippen molar-refractivity contribution in [1.29, 1.82) is 0 Å². The number of halogens is 3. The molecule has 1 N–H and O–H groups in total. The summed E-state index contributed by atoms with van der Waals surface area (Å²) in [6, 6.07) is 3.23. The summed E-state index contributed by atoms with van der Waals surface area (Å²) in [5, 5.41) is -8.04. The molecule has 1 aliphatic rings. The molecule has 35 heavy (non-hydrogen) atoms. The fraction of sp³-hybridized carbons (Fsp3) is 0.421. The first kappa shape index (κ1) is 28.0. The number of nitrogens with one attached hydrogen (secondary N) is 1. The molecule has 1 aromatic heterocycles. The Morgan fingerprint density at radius 1 is 1.09 bits per heavy atom. The maximum absolute atomic E-state index is 16.8. The summed E-state index contributed by atoms with van der Waals surface area (Å²) in [5.41, 5.74) is -2.58. The molecule has 5 nitrogen and oxygen atoms in total. The zero-order valence-corrected chi connectivity index (χ0v) is 19.6. The Hall–Kier alpha value is -1.60. The highest BCUT2D eigenvalue weighted by Gasteiger charge is 2.65. The molecule has 0 spiro atoms. The van der Waals surface area contributed by atoms with Gasteiger partial charge in [-0.2, -0.15) is 0 Å².